The molecule has 1 amide bonds. The lowest BCUT2D eigenvalue weighted by Gasteiger charge is -2.08. The van der Waals surface area contributed by atoms with E-state index in [4.69, 9.17) is 11.6 Å². The first kappa shape index (κ1) is 15.0. The number of hydrogen-bond acceptors (Lipinski definition) is 3. The maximum atomic E-state index is 12.2. The van der Waals surface area contributed by atoms with Gasteiger partial charge in [-0.15, -0.1) is 0 Å². The first-order chi connectivity index (χ1) is 9.86. The quantitative estimate of drug-likeness (QED) is 0.685. The number of anilines is 1. The lowest BCUT2D eigenvalue weighted by atomic mass is 10.1. The van der Waals surface area contributed by atoms with Crippen LogP contribution in [0.5, 0.6) is 0 Å². The summed E-state index contributed by atoms with van der Waals surface area (Å²) < 4.78 is 0. The van der Waals surface area contributed by atoms with E-state index in [9.17, 15) is 14.9 Å². The summed E-state index contributed by atoms with van der Waals surface area (Å²) in [6.45, 7) is 3.82. The maximum absolute atomic E-state index is 12.2. The number of rotatable bonds is 3. The zero-order valence-corrected chi connectivity index (χ0v) is 12.3. The Hall–Kier alpha value is -2.40. The van der Waals surface area contributed by atoms with Gasteiger partial charge in [-0.2, -0.15) is 0 Å². The van der Waals surface area contributed by atoms with Crippen LogP contribution in [-0.4, -0.2) is 10.8 Å². The number of nitro groups is 1. The van der Waals surface area contributed by atoms with E-state index >= 15 is 0 Å². The summed E-state index contributed by atoms with van der Waals surface area (Å²) in [6.07, 6.45) is 0. The Labute approximate surface area is 126 Å². The standard InChI is InChI=1S/C15H13ClN2O3/c1-9-5-10(2)7-12(6-9)17-15(19)13-4-3-11(16)8-14(13)18(20)21/h3-8H,1-2H3,(H,17,19). The lowest BCUT2D eigenvalue weighted by molar-refractivity contribution is -0.385. The van der Waals surface area contributed by atoms with E-state index in [1.807, 2.05) is 19.9 Å². The van der Waals surface area contributed by atoms with Gasteiger partial charge in [0, 0.05) is 16.8 Å². The number of nitrogens with zero attached hydrogens (tertiary/aromatic N) is 1. The van der Waals surface area contributed by atoms with Crippen LogP contribution in [-0.2, 0) is 0 Å². The summed E-state index contributed by atoms with van der Waals surface area (Å²) in [5.41, 5.74) is 2.25. The van der Waals surface area contributed by atoms with Gasteiger partial charge in [-0.05, 0) is 49.2 Å². The molecule has 2 rings (SSSR count). The molecule has 0 aliphatic carbocycles. The number of nitrogens with one attached hydrogen (secondary N) is 1. The molecule has 0 heterocycles. The molecule has 0 saturated heterocycles. The molecule has 0 saturated carbocycles. The molecule has 0 aliphatic rings. The topological polar surface area (TPSA) is 72.2 Å². The molecule has 0 bridgehead atoms. The number of carbonyl (C=O) groups excluding carboxylic acids is 1. The predicted octanol–water partition coefficient (Wildman–Crippen LogP) is 4.12. The Balaban J connectivity index is 2.34. The van der Waals surface area contributed by atoms with Crippen LogP contribution in [0, 0.1) is 24.0 Å². The minimum Gasteiger partial charge on any atom is -0.322 e. The average molecular weight is 305 g/mol. The monoisotopic (exact) mass is 304 g/mol. The molecular weight excluding hydrogens is 292 g/mol. The number of benzene rings is 2. The summed E-state index contributed by atoms with van der Waals surface area (Å²) in [4.78, 5) is 22.6. The molecule has 2 aromatic carbocycles. The van der Waals surface area contributed by atoms with E-state index in [2.05, 4.69) is 5.32 Å². The molecule has 1 N–H and O–H groups in total. The highest BCUT2D eigenvalue weighted by Gasteiger charge is 2.20. The van der Waals surface area contributed by atoms with Gasteiger partial charge in [0.2, 0.25) is 0 Å². The van der Waals surface area contributed by atoms with Crippen molar-refractivity contribution in [2.45, 2.75) is 13.8 Å². The molecule has 2 aromatic rings. The minimum absolute atomic E-state index is 0.0245. The van der Waals surface area contributed by atoms with E-state index in [1.54, 1.807) is 12.1 Å². The van der Waals surface area contributed by atoms with Crippen LogP contribution in [0.4, 0.5) is 11.4 Å². The second-order valence-corrected chi connectivity index (χ2v) is 5.19. The SMILES string of the molecule is Cc1cc(C)cc(NC(=O)c2ccc(Cl)cc2[N+](=O)[O-])c1. The molecule has 0 aliphatic heterocycles. The van der Waals surface area contributed by atoms with Crippen molar-refractivity contribution in [3.05, 3.63) is 68.2 Å². The summed E-state index contributed by atoms with van der Waals surface area (Å²) in [5, 5.41) is 13.9. The first-order valence-corrected chi connectivity index (χ1v) is 6.58. The fraction of sp³-hybridized carbons (Fsp3) is 0.133. The Bertz CT molecular complexity index is 709. The highest BCUT2D eigenvalue weighted by atomic mass is 35.5. The van der Waals surface area contributed by atoms with Gasteiger partial charge in [0.25, 0.3) is 11.6 Å². The van der Waals surface area contributed by atoms with Gasteiger partial charge in [0.1, 0.15) is 5.56 Å². The van der Waals surface area contributed by atoms with Crippen molar-refractivity contribution in [3.63, 3.8) is 0 Å². The van der Waals surface area contributed by atoms with E-state index in [1.165, 1.54) is 12.1 Å². The van der Waals surface area contributed by atoms with Crippen LogP contribution in [0.3, 0.4) is 0 Å². The molecule has 5 nitrogen and oxygen atoms in total. The fourth-order valence-electron chi connectivity index (χ4n) is 2.09. The smallest absolute Gasteiger partial charge is 0.283 e. The second kappa shape index (κ2) is 5.93. The van der Waals surface area contributed by atoms with Crippen LogP contribution < -0.4 is 5.32 Å². The zero-order valence-electron chi connectivity index (χ0n) is 11.5. The fourth-order valence-corrected chi connectivity index (χ4v) is 2.26. The third-order valence-electron chi connectivity index (χ3n) is 2.88. The molecule has 21 heavy (non-hydrogen) atoms. The van der Waals surface area contributed by atoms with Gasteiger partial charge in [-0.3, -0.25) is 14.9 Å². The van der Waals surface area contributed by atoms with E-state index in [0.29, 0.717) is 5.69 Å². The molecule has 6 heteroatoms. The summed E-state index contributed by atoms with van der Waals surface area (Å²) in [7, 11) is 0. The third kappa shape index (κ3) is 3.58. The van der Waals surface area contributed by atoms with Crippen molar-refractivity contribution >= 4 is 28.9 Å². The van der Waals surface area contributed by atoms with Gasteiger partial charge >= 0.3 is 0 Å². The highest BCUT2D eigenvalue weighted by molar-refractivity contribution is 6.31. The predicted molar refractivity (Wildman–Crippen MR) is 82.0 cm³/mol. The number of halogens is 1. The largest absolute Gasteiger partial charge is 0.322 e. The molecule has 0 unspecified atom stereocenters. The van der Waals surface area contributed by atoms with Crippen LogP contribution >= 0.6 is 11.6 Å². The number of aryl methyl sites for hydroxylation is 2. The number of hydrogen-bond donors (Lipinski definition) is 1. The first-order valence-electron chi connectivity index (χ1n) is 6.20. The van der Waals surface area contributed by atoms with Gasteiger partial charge in [0.05, 0.1) is 4.92 Å². The van der Waals surface area contributed by atoms with Gasteiger partial charge in [-0.25, -0.2) is 0 Å². The van der Waals surface area contributed by atoms with Crippen molar-refractivity contribution in [1.29, 1.82) is 0 Å². The Morgan fingerprint density at radius 2 is 1.76 bits per heavy atom. The maximum Gasteiger partial charge on any atom is 0.283 e. The van der Waals surface area contributed by atoms with E-state index in [-0.39, 0.29) is 16.3 Å². The highest BCUT2D eigenvalue weighted by Crippen LogP contribution is 2.24. The third-order valence-corrected chi connectivity index (χ3v) is 3.12. The molecular formula is C15H13ClN2O3. The second-order valence-electron chi connectivity index (χ2n) is 4.75. The summed E-state index contributed by atoms with van der Waals surface area (Å²) in [5.74, 6) is -0.539. The average Bonchev–Trinajstić information content (AvgIpc) is 2.36. The Morgan fingerprint density at radius 1 is 1.14 bits per heavy atom. The van der Waals surface area contributed by atoms with E-state index in [0.717, 1.165) is 17.2 Å². The Kier molecular flexibility index (Phi) is 4.23. The van der Waals surface area contributed by atoms with Crippen LogP contribution in [0.25, 0.3) is 0 Å². The molecule has 0 atom stereocenters. The van der Waals surface area contributed by atoms with Gasteiger partial charge in [0.15, 0.2) is 0 Å². The van der Waals surface area contributed by atoms with Crippen molar-refractivity contribution in [2.24, 2.45) is 0 Å². The molecule has 108 valence electrons. The number of carbonyl (C=O) groups is 1. The zero-order chi connectivity index (χ0) is 15.6. The lowest BCUT2D eigenvalue weighted by Crippen LogP contribution is -2.14. The van der Waals surface area contributed by atoms with Crippen LogP contribution in [0.2, 0.25) is 5.02 Å². The van der Waals surface area contributed by atoms with Gasteiger partial charge in [-0.1, -0.05) is 17.7 Å². The molecule has 0 fully saturated rings. The molecule has 0 radical (unpaired) electrons. The van der Waals surface area contributed by atoms with Crippen molar-refractivity contribution in [3.8, 4) is 0 Å². The summed E-state index contributed by atoms with van der Waals surface area (Å²) >= 11 is 5.73. The van der Waals surface area contributed by atoms with Crippen molar-refractivity contribution in [2.75, 3.05) is 5.32 Å². The Morgan fingerprint density at radius 3 is 2.33 bits per heavy atom. The number of amides is 1. The van der Waals surface area contributed by atoms with Gasteiger partial charge < -0.3 is 5.32 Å². The molecule has 0 aromatic heterocycles. The normalized spacial score (nSPS) is 10.2. The van der Waals surface area contributed by atoms with Crippen molar-refractivity contribution in [1.82, 2.24) is 0 Å². The van der Waals surface area contributed by atoms with Crippen LogP contribution in [0.1, 0.15) is 21.5 Å². The minimum atomic E-state index is -0.623. The summed E-state index contributed by atoms with van der Waals surface area (Å²) in [6, 6.07) is 9.53. The number of nitro benzene ring substituents is 1. The van der Waals surface area contributed by atoms with Crippen LogP contribution in [0.15, 0.2) is 36.4 Å². The van der Waals surface area contributed by atoms with E-state index < -0.39 is 10.8 Å². The molecule has 0 spiro atoms. The van der Waals surface area contributed by atoms with Crippen molar-refractivity contribution < 1.29 is 9.72 Å².